The zero-order chi connectivity index (χ0) is 19.9. The molecule has 0 spiro atoms. The molecule has 0 bridgehead atoms. The van der Waals surface area contributed by atoms with Gasteiger partial charge in [0.1, 0.15) is 12.4 Å². The lowest BCUT2D eigenvalue weighted by atomic mass is 9.87. The number of benzene rings is 1. The standard InChI is InChI=1S/C22H25N3O2S2/c26-22(17-6-8-19(9-7-17)27-12-18-13-28-15-24-18)23-11-10-21-25-20(14-29-21)16-4-2-1-3-5-16/h6-9,13-16H,1-5,10-12H2,(H,23,26). The molecule has 1 N–H and O–H groups in total. The van der Waals surface area contributed by atoms with Crippen molar-refractivity contribution < 1.29 is 9.53 Å². The van der Waals surface area contributed by atoms with E-state index < -0.39 is 0 Å². The minimum absolute atomic E-state index is 0.0693. The molecule has 0 atom stereocenters. The molecule has 1 fully saturated rings. The van der Waals surface area contributed by atoms with Gasteiger partial charge in [0.25, 0.3) is 5.91 Å². The van der Waals surface area contributed by atoms with E-state index in [4.69, 9.17) is 9.72 Å². The highest BCUT2D eigenvalue weighted by Gasteiger charge is 2.18. The molecule has 4 rings (SSSR count). The van der Waals surface area contributed by atoms with Crippen LogP contribution in [-0.4, -0.2) is 22.4 Å². The number of hydrogen-bond donors (Lipinski definition) is 1. The maximum absolute atomic E-state index is 12.4. The van der Waals surface area contributed by atoms with E-state index in [1.807, 2.05) is 17.5 Å². The Bertz CT molecular complexity index is 901. The number of nitrogens with one attached hydrogen (secondary N) is 1. The smallest absolute Gasteiger partial charge is 0.251 e. The van der Waals surface area contributed by atoms with Crippen LogP contribution in [0.1, 0.15) is 64.8 Å². The Morgan fingerprint density at radius 2 is 1.97 bits per heavy atom. The summed E-state index contributed by atoms with van der Waals surface area (Å²) in [5, 5.41) is 8.26. The molecule has 1 saturated carbocycles. The second-order valence-electron chi connectivity index (χ2n) is 7.30. The summed E-state index contributed by atoms with van der Waals surface area (Å²) in [6.07, 6.45) is 7.31. The van der Waals surface area contributed by atoms with Gasteiger partial charge in [0, 0.05) is 35.2 Å². The molecular formula is C22H25N3O2S2. The molecule has 1 aromatic carbocycles. The second kappa shape index (κ2) is 9.98. The monoisotopic (exact) mass is 427 g/mol. The predicted molar refractivity (Wildman–Crippen MR) is 117 cm³/mol. The van der Waals surface area contributed by atoms with Gasteiger partial charge in [-0.2, -0.15) is 0 Å². The van der Waals surface area contributed by atoms with Crippen molar-refractivity contribution in [2.24, 2.45) is 0 Å². The maximum atomic E-state index is 12.4. The van der Waals surface area contributed by atoms with Crippen LogP contribution >= 0.6 is 22.7 Å². The van der Waals surface area contributed by atoms with Crippen molar-refractivity contribution in [3.63, 3.8) is 0 Å². The van der Waals surface area contributed by atoms with Gasteiger partial charge in [0.05, 0.1) is 21.9 Å². The number of carbonyl (C=O) groups excluding carboxylic acids is 1. The minimum atomic E-state index is -0.0693. The number of nitrogens with zero attached hydrogens (tertiary/aromatic N) is 2. The molecule has 1 aliphatic rings. The number of aromatic nitrogens is 2. The van der Waals surface area contributed by atoms with E-state index in [9.17, 15) is 4.79 Å². The van der Waals surface area contributed by atoms with E-state index in [1.54, 1.807) is 40.3 Å². The molecule has 0 unspecified atom stereocenters. The Hall–Kier alpha value is -2.25. The SMILES string of the molecule is O=C(NCCc1nc(C2CCCCC2)cs1)c1ccc(OCc2cscn2)cc1. The number of carbonyl (C=O) groups is 1. The van der Waals surface area contributed by atoms with Crippen LogP contribution in [0, 0.1) is 0 Å². The van der Waals surface area contributed by atoms with Crippen LogP contribution in [0.15, 0.2) is 40.5 Å². The van der Waals surface area contributed by atoms with Gasteiger partial charge in [-0.3, -0.25) is 4.79 Å². The van der Waals surface area contributed by atoms with Gasteiger partial charge in [0.2, 0.25) is 0 Å². The van der Waals surface area contributed by atoms with Gasteiger partial charge in [-0.15, -0.1) is 22.7 Å². The molecule has 0 aliphatic heterocycles. The van der Waals surface area contributed by atoms with Gasteiger partial charge < -0.3 is 10.1 Å². The zero-order valence-corrected chi connectivity index (χ0v) is 17.9. The summed E-state index contributed by atoms with van der Waals surface area (Å²) in [5.41, 5.74) is 4.58. The van der Waals surface area contributed by atoms with E-state index in [-0.39, 0.29) is 5.91 Å². The summed E-state index contributed by atoms with van der Waals surface area (Å²) in [6.45, 7) is 1.03. The van der Waals surface area contributed by atoms with E-state index in [1.165, 1.54) is 37.8 Å². The number of amides is 1. The summed E-state index contributed by atoms with van der Waals surface area (Å²) in [4.78, 5) is 21.4. The fraction of sp³-hybridized carbons (Fsp3) is 0.409. The van der Waals surface area contributed by atoms with Crippen molar-refractivity contribution in [2.75, 3.05) is 6.54 Å². The first-order chi connectivity index (χ1) is 14.3. The largest absolute Gasteiger partial charge is 0.487 e. The highest BCUT2D eigenvalue weighted by molar-refractivity contribution is 7.09. The molecule has 152 valence electrons. The molecule has 29 heavy (non-hydrogen) atoms. The van der Waals surface area contributed by atoms with Gasteiger partial charge in [0.15, 0.2) is 0 Å². The number of ether oxygens (including phenoxy) is 1. The van der Waals surface area contributed by atoms with Gasteiger partial charge in [-0.05, 0) is 37.1 Å². The van der Waals surface area contributed by atoms with Crippen LogP contribution in [-0.2, 0) is 13.0 Å². The predicted octanol–water partition coefficient (Wildman–Crippen LogP) is 5.20. The van der Waals surface area contributed by atoms with E-state index >= 15 is 0 Å². The summed E-state index contributed by atoms with van der Waals surface area (Å²) < 4.78 is 5.68. The van der Waals surface area contributed by atoms with E-state index in [0.29, 0.717) is 24.6 Å². The third-order valence-electron chi connectivity index (χ3n) is 5.20. The van der Waals surface area contributed by atoms with Crippen LogP contribution in [0.2, 0.25) is 0 Å². The zero-order valence-electron chi connectivity index (χ0n) is 16.3. The molecule has 1 aliphatic carbocycles. The third kappa shape index (κ3) is 5.64. The summed E-state index contributed by atoms with van der Waals surface area (Å²) in [5.74, 6) is 1.30. The van der Waals surface area contributed by atoms with Crippen molar-refractivity contribution in [2.45, 2.75) is 51.0 Å². The first kappa shape index (κ1) is 20.0. The van der Waals surface area contributed by atoms with Crippen molar-refractivity contribution in [1.82, 2.24) is 15.3 Å². The van der Waals surface area contributed by atoms with Crippen molar-refractivity contribution in [3.05, 3.63) is 62.5 Å². The van der Waals surface area contributed by atoms with Crippen LogP contribution in [0.4, 0.5) is 0 Å². The number of hydrogen-bond acceptors (Lipinski definition) is 6. The lowest BCUT2D eigenvalue weighted by Crippen LogP contribution is -2.25. The highest BCUT2D eigenvalue weighted by Crippen LogP contribution is 2.33. The van der Waals surface area contributed by atoms with Crippen molar-refractivity contribution in [3.8, 4) is 5.75 Å². The normalized spacial score (nSPS) is 14.6. The fourth-order valence-electron chi connectivity index (χ4n) is 3.58. The lowest BCUT2D eigenvalue weighted by Gasteiger charge is -2.19. The molecule has 5 nitrogen and oxygen atoms in total. The summed E-state index contributed by atoms with van der Waals surface area (Å²) in [7, 11) is 0. The summed E-state index contributed by atoms with van der Waals surface area (Å²) in [6, 6.07) is 7.21. The van der Waals surface area contributed by atoms with E-state index in [2.05, 4.69) is 15.7 Å². The molecule has 0 radical (unpaired) electrons. The molecule has 2 aromatic heterocycles. The maximum Gasteiger partial charge on any atom is 0.251 e. The van der Waals surface area contributed by atoms with Crippen molar-refractivity contribution in [1.29, 1.82) is 0 Å². The Kier molecular flexibility index (Phi) is 6.90. The Balaban J connectivity index is 1.21. The molecule has 0 saturated heterocycles. The fourth-order valence-corrected chi connectivity index (χ4v) is 5.00. The van der Waals surface area contributed by atoms with Gasteiger partial charge >= 0.3 is 0 Å². The van der Waals surface area contributed by atoms with Crippen molar-refractivity contribution >= 4 is 28.6 Å². The second-order valence-corrected chi connectivity index (χ2v) is 8.96. The third-order valence-corrected chi connectivity index (χ3v) is 6.77. The first-order valence-electron chi connectivity index (χ1n) is 10.1. The quantitative estimate of drug-likeness (QED) is 0.537. The molecular weight excluding hydrogens is 402 g/mol. The Morgan fingerprint density at radius 3 is 2.72 bits per heavy atom. The average molecular weight is 428 g/mol. The van der Waals surface area contributed by atoms with Gasteiger partial charge in [-0.1, -0.05) is 19.3 Å². The lowest BCUT2D eigenvalue weighted by molar-refractivity contribution is 0.0954. The Labute approximate surface area is 179 Å². The number of thiazole rings is 2. The first-order valence-corrected chi connectivity index (χ1v) is 11.9. The molecule has 3 aromatic rings. The minimum Gasteiger partial charge on any atom is -0.487 e. The Morgan fingerprint density at radius 1 is 1.14 bits per heavy atom. The van der Waals surface area contributed by atoms with Crippen LogP contribution in [0.3, 0.4) is 0 Å². The molecule has 7 heteroatoms. The topological polar surface area (TPSA) is 64.1 Å². The average Bonchev–Trinajstić information content (AvgIpc) is 3.45. The molecule has 2 heterocycles. The summed E-state index contributed by atoms with van der Waals surface area (Å²) >= 11 is 3.26. The number of rotatable bonds is 8. The van der Waals surface area contributed by atoms with Crippen LogP contribution in [0.25, 0.3) is 0 Å². The van der Waals surface area contributed by atoms with Crippen LogP contribution in [0.5, 0.6) is 5.75 Å². The van der Waals surface area contributed by atoms with Gasteiger partial charge in [-0.25, -0.2) is 9.97 Å². The van der Waals surface area contributed by atoms with Crippen LogP contribution < -0.4 is 10.1 Å². The highest BCUT2D eigenvalue weighted by atomic mass is 32.1. The molecule has 1 amide bonds. The van der Waals surface area contributed by atoms with E-state index in [0.717, 1.165) is 22.9 Å².